The Bertz CT molecular complexity index is 800. The van der Waals surface area contributed by atoms with Gasteiger partial charge >= 0.3 is 5.97 Å². The Morgan fingerprint density at radius 1 is 0.889 bits per heavy atom. The maximum absolute atomic E-state index is 12.7. The highest BCUT2D eigenvalue weighted by Crippen LogP contribution is 2.43. The van der Waals surface area contributed by atoms with Crippen molar-refractivity contribution in [3.8, 4) is 5.75 Å². The second-order valence-corrected chi connectivity index (χ2v) is 11.8. The lowest BCUT2D eigenvalue weighted by molar-refractivity contribution is -0.140. The van der Waals surface area contributed by atoms with Crippen LogP contribution in [0.3, 0.4) is 0 Å². The highest BCUT2D eigenvalue weighted by atomic mass is 32.1. The molecule has 1 unspecified atom stereocenters. The van der Waals surface area contributed by atoms with Crippen molar-refractivity contribution in [2.45, 2.75) is 123 Å². The van der Waals surface area contributed by atoms with Crippen LogP contribution in [0.25, 0.3) is 0 Å². The third-order valence-corrected chi connectivity index (χ3v) is 9.27. The maximum Gasteiger partial charge on any atom is 0.314 e. The number of hydrogen-bond acceptors (Lipinski definition) is 4. The predicted molar refractivity (Wildman–Crippen MR) is 154 cm³/mol. The number of nitrogens with zero attached hydrogens (tertiary/aromatic N) is 1. The number of thiocarbonyl (C=S) groups is 1. The molecule has 0 bridgehead atoms. The first kappa shape index (κ1) is 29.1. The third-order valence-electron chi connectivity index (χ3n) is 9.18. The van der Waals surface area contributed by atoms with E-state index in [-0.39, 0.29) is 11.9 Å². The van der Waals surface area contributed by atoms with E-state index in [4.69, 9.17) is 4.74 Å². The molecule has 2 saturated carbocycles. The molecule has 2 aliphatic rings. The summed E-state index contributed by atoms with van der Waals surface area (Å²) in [6, 6.07) is 7.15. The van der Waals surface area contributed by atoms with Crippen LogP contribution in [-0.4, -0.2) is 11.1 Å². The number of isothiocyanates is 1. The van der Waals surface area contributed by atoms with Crippen molar-refractivity contribution < 1.29 is 9.53 Å². The molecule has 0 spiro atoms. The minimum atomic E-state index is -0.0753. The van der Waals surface area contributed by atoms with Crippen molar-refractivity contribution >= 4 is 29.0 Å². The number of carbonyl (C=O) groups excluding carboxylic acids is 1. The van der Waals surface area contributed by atoms with Crippen LogP contribution in [0.1, 0.15) is 123 Å². The molecule has 0 saturated heterocycles. The second kappa shape index (κ2) is 16.4. The van der Waals surface area contributed by atoms with Gasteiger partial charge in [0.15, 0.2) is 0 Å². The molecule has 4 heteroatoms. The summed E-state index contributed by atoms with van der Waals surface area (Å²) in [5.74, 6) is 3.98. The Balaban J connectivity index is 1.29. The molecule has 0 heterocycles. The fourth-order valence-electron chi connectivity index (χ4n) is 6.68. The number of carbonyl (C=O) groups is 1. The van der Waals surface area contributed by atoms with Gasteiger partial charge in [0.05, 0.1) is 16.8 Å². The van der Waals surface area contributed by atoms with E-state index in [2.05, 4.69) is 36.2 Å². The van der Waals surface area contributed by atoms with Crippen molar-refractivity contribution in [1.29, 1.82) is 0 Å². The first-order chi connectivity index (χ1) is 17.6. The molecule has 1 aromatic carbocycles. The number of ether oxygens (including phenoxy) is 1. The van der Waals surface area contributed by atoms with Gasteiger partial charge in [0, 0.05) is 0 Å². The van der Waals surface area contributed by atoms with Gasteiger partial charge in [-0.2, -0.15) is 4.99 Å². The molecule has 1 aromatic rings. The van der Waals surface area contributed by atoms with Crippen LogP contribution >= 0.6 is 12.2 Å². The summed E-state index contributed by atoms with van der Waals surface area (Å²) in [6.45, 7) is 4.79. The summed E-state index contributed by atoms with van der Waals surface area (Å²) in [5, 5.41) is 2.35. The van der Waals surface area contributed by atoms with Crippen molar-refractivity contribution in [3.05, 3.63) is 24.3 Å². The Morgan fingerprint density at radius 3 is 2.03 bits per heavy atom. The molecule has 200 valence electrons. The van der Waals surface area contributed by atoms with Crippen LogP contribution < -0.4 is 4.74 Å². The summed E-state index contributed by atoms with van der Waals surface area (Å²) in [5.41, 5.74) is 0.724. The minimum absolute atomic E-state index is 0.0366. The monoisotopic (exact) mass is 511 g/mol. The Kier molecular flexibility index (Phi) is 13.2. The van der Waals surface area contributed by atoms with E-state index in [1.807, 2.05) is 0 Å². The molecule has 3 rings (SSSR count). The van der Waals surface area contributed by atoms with E-state index < -0.39 is 0 Å². The third kappa shape index (κ3) is 9.75. The van der Waals surface area contributed by atoms with E-state index in [1.165, 1.54) is 96.3 Å². The van der Waals surface area contributed by atoms with Crippen molar-refractivity contribution in [2.75, 3.05) is 0 Å². The van der Waals surface area contributed by atoms with Gasteiger partial charge < -0.3 is 4.74 Å². The standard InChI is InChI=1S/C32H49NO2S/c1-3-4-5-6-7-8-9-10-11-26-12-14-27(15-13-26)25(2)28-16-18-29(19-17-28)32(34)35-31-22-20-30(21-23-31)33-24-36/h20-23,25-29H,3-19H2,1-2H3. The quantitative estimate of drug-likeness (QED) is 0.0819. The molecule has 0 aliphatic heterocycles. The van der Waals surface area contributed by atoms with E-state index in [0.29, 0.717) is 5.75 Å². The van der Waals surface area contributed by atoms with Crippen LogP contribution in [0, 0.1) is 29.6 Å². The summed E-state index contributed by atoms with van der Waals surface area (Å²) in [7, 11) is 0. The fourth-order valence-corrected chi connectivity index (χ4v) is 6.78. The lowest BCUT2D eigenvalue weighted by Gasteiger charge is -2.38. The molecule has 1 atom stereocenters. The van der Waals surface area contributed by atoms with Crippen LogP contribution in [0.15, 0.2) is 29.3 Å². The first-order valence-corrected chi connectivity index (χ1v) is 15.4. The number of unbranched alkanes of at least 4 members (excludes halogenated alkanes) is 7. The van der Waals surface area contributed by atoms with Crippen molar-refractivity contribution in [2.24, 2.45) is 34.6 Å². The van der Waals surface area contributed by atoms with Crippen molar-refractivity contribution in [3.63, 3.8) is 0 Å². The Hall–Kier alpha value is -1.51. The van der Waals surface area contributed by atoms with Crippen LogP contribution in [0.4, 0.5) is 5.69 Å². The Morgan fingerprint density at radius 2 is 1.44 bits per heavy atom. The molecule has 0 N–H and O–H groups in total. The van der Waals surface area contributed by atoms with Gasteiger partial charge in [-0.3, -0.25) is 4.79 Å². The normalized spacial score (nSPS) is 25.1. The zero-order chi connectivity index (χ0) is 25.6. The molecule has 36 heavy (non-hydrogen) atoms. The molecule has 0 radical (unpaired) electrons. The zero-order valence-electron chi connectivity index (χ0n) is 22.9. The maximum atomic E-state index is 12.7. The first-order valence-electron chi connectivity index (χ1n) is 15.0. The molecular weight excluding hydrogens is 462 g/mol. The van der Waals surface area contributed by atoms with Gasteiger partial charge in [-0.1, -0.05) is 84.5 Å². The molecule has 0 aromatic heterocycles. The average molecular weight is 512 g/mol. The topological polar surface area (TPSA) is 38.7 Å². The molecule has 2 aliphatic carbocycles. The summed E-state index contributed by atoms with van der Waals surface area (Å²) < 4.78 is 5.65. The SMILES string of the molecule is CCCCCCCCCCC1CCC(C(C)C2CCC(C(=O)Oc3ccc(N=C=S)cc3)CC2)CC1. The van der Waals surface area contributed by atoms with Gasteiger partial charge in [-0.15, -0.1) is 0 Å². The number of rotatable bonds is 14. The zero-order valence-corrected chi connectivity index (χ0v) is 23.7. The van der Waals surface area contributed by atoms with E-state index in [9.17, 15) is 4.79 Å². The molecule has 0 amide bonds. The highest BCUT2D eigenvalue weighted by Gasteiger charge is 2.34. The molecule has 3 nitrogen and oxygen atoms in total. The van der Waals surface area contributed by atoms with E-state index in [1.54, 1.807) is 24.3 Å². The van der Waals surface area contributed by atoms with Crippen molar-refractivity contribution in [1.82, 2.24) is 0 Å². The number of hydrogen-bond donors (Lipinski definition) is 0. The average Bonchev–Trinajstić information content (AvgIpc) is 2.91. The highest BCUT2D eigenvalue weighted by molar-refractivity contribution is 7.78. The van der Waals surface area contributed by atoms with Gasteiger partial charge in [0.1, 0.15) is 5.75 Å². The van der Waals surface area contributed by atoms with Gasteiger partial charge in [-0.25, -0.2) is 0 Å². The van der Waals surface area contributed by atoms with Gasteiger partial charge in [0.25, 0.3) is 0 Å². The molecular formula is C32H49NO2S. The number of aliphatic imine (C=N–C) groups is 1. The number of esters is 1. The lowest BCUT2D eigenvalue weighted by atomic mass is 9.67. The van der Waals surface area contributed by atoms with Gasteiger partial charge in [-0.05, 0) is 98.7 Å². The van der Waals surface area contributed by atoms with E-state index in [0.717, 1.165) is 42.2 Å². The Labute approximate surface area is 225 Å². The summed E-state index contributed by atoms with van der Waals surface area (Å²) in [6.07, 6.45) is 22.9. The minimum Gasteiger partial charge on any atom is -0.426 e. The van der Waals surface area contributed by atoms with E-state index >= 15 is 0 Å². The molecule has 2 fully saturated rings. The smallest absolute Gasteiger partial charge is 0.314 e. The summed E-state index contributed by atoms with van der Waals surface area (Å²) in [4.78, 5) is 16.6. The number of benzene rings is 1. The van der Waals surface area contributed by atoms with Crippen LogP contribution in [0.2, 0.25) is 0 Å². The van der Waals surface area contributed by atoms with Crippen LogP contribution in [0.5, 0.6) is 5.75 Å². The predicted octanol–water partition coefficient (Wildman–Crippen LogP) is 10.1. The lowest BCUT2D eigenvalue weighted by Crippen LogP contribution is -2.31. The summed E-state index contributed by atoms with van der Waals surface area (Å²) >= 11 is 4.63. The largest absolute Gasteiger partial charge is 0.426 e. The van der Waals surface area contributed by atoms with Gasteiger partial charge in [0.2, 0.25) is 0 Å². The fraction of sp³-hybridized carbons (Fsp3) is 0.750. The van der Waals surface area contributed by atoms with Crippen LogP contribution in [-0.2, 0) is 4.79 Å². The second-order valence-electron chi connectivity index (χ2n) is 11.6.